The maximum absolute atomic E-state index is 12.2. The highest BCUT2D eigenvalue weighted by Crippen LogP contribution is 2.34. The number of ether oxygens (including phenoxy) is 2. The fraction of sp³-hybridized carbons (Fsp3) is 0.263. The number of carbonyl (C=O) groups is 2. The zero-order valence-corrected chi connectivity index (χ0v) is 14.2. The third kappa shape index (κ3) is 3.42. The van der Waals surface area contributed by atoms with Crippen LogP contribution < -0.4 is 25.0 Å². The molecule has 26 heavy (non-hydrogen) atoms. The molecule has 0 aromatic heterocycles. The van der Waals surface area contributed by atoms with Gasteiger partial charge in [-0.3, -0.25) is 4.79 Å². The van der Waals surface area contributed by atoms with Crippen LogP contribution in [0.5, 0.6) is 11.5 Å². The summed E-state index contributed by atoms with van der Waals surface area (Å²) in [4.78, 5) is 25.9. The zero-order chi connectivity index (χ0) is 17.9. The van der Waals surface area contributed by atoms with Crippen molar-refractivity contribution in [3.8, 4) is 11.5 Å². The Hall–Kier alpha value is -3.22. The summed E-state index contributed by atoms with van der Waals surface area (Å²) >= 11 is 0. The van der Waals surface area contributed by atoms with Crippen LogP contribution in [0.15, 0.2) is 42.5 Å². The first-order valence-corrected chi connectivity index (χ1v) is 8.57. The Balaban J connectivity index is 1.37. The van der Waals surface area contributed by atoms with E-state index in [-0.39, 0.29) is 18.7 Å². The molecular weight excluding hydrogens is 334 g/mol. The number of anilines is 3. The van der Waals surface area contributed by atoms with Gasteiger partial charge in [-0.2, -0.15) is 0 Å². The van der Waals surface area contributed by atoms with Crippen molar-refractivity contribution >= 4 is 29.0 Å². The Morgan fingerprint density at radius 3 is 2.46 bits per heavy atom. The minimum atomic E-state index is -0.356. The number of amides is 3. The third-order valence-corrected chi connectivity index (χ3v) is 4.39. The average Bonchev–Trinajstić information content (AvgIpc) is 3.11. The van der Waals surface area contributed by atoms with Crippen LogP contribution in [-0.4, -0.2) is 25.3 Å². The Morgan fingerprint density at radius 2 is 1.65 bits per heavy atom. The van der Waals surface area contributed by atoms with E-state index in [0.717, 1.165) is 25.1 Å². The van der Waals surface area contributed by atoms with E-state index in [1.165, 1.54) is 0 Å². The molecule has 0 radical (unpaired) electrons. The van der Waals surface area contributed by atoms with Crippen LogP contribution >= 0.6 is 0 Å². The lowest BCUT2D eigenvalue weighted by atomic mass is 10.1. The summed E-state index contributed by atoms with van der Waals surface area (Å²) in [7, 11) is 0. The Labute approximate surface area is 150 Å². The number of hydrogen-bond donors (Lipinski definition) is 2. The minimum absolute atomic E-state index is 0.150. The van der Waals surface area contributed by atoms with Gasteiger partial charge in [0.15, 0.2) is 11.5 Å². The number of hydrogen-bond acceptors (Lipinski definition) is 4. The van der Waals surface area contributed by atoms with Crippen molar-refractivity contribution in [3.05, 3.63) is 42.5 Å². The number of fused-ring (bicyclic) bond motifs is 1. The van der Waals surface area contributed by atoms with Gasteiger partial charge < -0.3 is 25.0 Å². The molecule has 0 spiro atoms. The highest BCUT2D eigenvalue weighted by molar-refractivity contribution is 6.00. The Bertz CT molecular complexity index is 835. The molecule has 0 aliphatic carbocycles. The fourth-order valence-electron chi connectivity index (χ4n) is 3.07. The molecule has 2 aliphatic rings. The molecule has 2 N–H and O–H groups in total. The van der Waals surface area contributed by atoms with Gasteiger partial charge in [0, 0.05) is 36.1 Å². The number of benzene rings is 2. The van der Waals surface area contributed by atoms with Crippen molar-refractivity contribution in [2.24, 2.45) is 0 Å². The number of nitrogens with zero attached hydrogens (tertiary/aromatic N) is 1. The SMILES string of the molecule is O=C(Nc1ccc(N2CCCCC2=O)cc1)Nc1ccc2c(c1)OCO2. The molecule has 0 saturated carbocycles. The second-order valence-corrected chi connectivity index (χ2v) is 6.20. The minimum Gasteiger partial charge on any atom is -0.454 e. The topological polar surface area (TPSA) is 79.9 Å². The summed E-state index contributed by atoms with van der Waals surface area (Å²) in [5.74, 6) is 1.43. The van der Waals surface area contributed by atoms with E-state index in [2.05, 4.69) is 10.6 Å². The van der Waals surface area contributed by atoms with E-state index in [1.807, 2.05) is 12.1 Å². The van der Waals surface area contributed by atoms with E-state index in [4.69, 9.17) is 9.47 Å². The Morgan fingerprint density at radius 1 is 0.923 bits per heavy atom. The molecule has 1 saturated heterocycles. The van der Waals surface area contributed by atoms with E-state index >= 15 is 0 Å². The van der Waals surface area contributed by atoms with Crippen LogP contribution in [0.25, 0.3) is 0 Å². The number of nitrogens with one attached hydrogen (secondary N) is 2. The highest BCUT2D eigenvalue weighted by atomic mass is 16.7. The van der Waals surface area contributed by atoms with Crippen molar-refractivity contribution in [2.75, 3.05) is 28.9 Å². The van der Waals surface area contributed by atoms with Crippen LogP contribution in [0.3, 0.4) is 0 Å². The summed E-state index contributed by atoms with van der Waals surface area (Å²) in [6.45, 7) is 0.938. The van der Waals surface area contributed by atoms with Crippen LogP contribution in [0.1, 0.15) is 19.3 Å². The molecule has 4 rings (SSSR count). The predicted octanol–water partition coefficient (Wildman–Crippen LogP) is 3.58. The molecule has 7 nitrogen and oxygen atoms in total. The molecule has 3 amide bonds. The van der Waals surface area contributed by atoms with Gasteiger partial charge >= 0.3 is 6.03 Å². The lowest BCUT2D eigenvalue weighted by Gasteiger charge is -2.26. The zero-order valence-electron chi connectivity index (χ0n) is 14.2. The van der Waals surface area contributed by atoms with Gasteiger partial charge in [0.2, 0.25) is 12.7 Å². The number of rotatable bonds is 3. The van der Waals surface area contributed by atoms with Crippen molar-refractivity contribution in [1.29, 1.82) is 0 Å². The largest absolute Gasteiger partial charge is 0.454 e. The first kappa shape index (κ1) is 16.3. The average molecular weight is 353 g/mol. The second-order valence-electron chi connectivity index (χ2n) is 6.20. The summed E-state index contributed by atoms with van der Waals surface area (Å²) in [6.07, 6.45) is 2.57. The third-order valence-electron chi connectivity index (χ3n) is 4.39. The summed E-state index contributed by atoms with van der Waals surface area (Å²) in [5, 5.41) is 5.53. The molecular formula is C19H19N3O4. The molecule has 1 fully saturated rings. The lowest BCUT2D eigenvalue weighted by Crippen LogP contribution is -2.35. The van der Waals surface area contributed by atoms with Crippen molar-refractivity contribution in [1.82, 2.24) is 0 Å². The lowest BCUT2D eigenvalue weighted by molar-refractivity contribution is -0.119. The molecule has 0 bridgehead atoms. The second kappa shape index (κ2) is 6.95. The summed E-state index contributed by atoms with van der Waals surface area (Å²) < 4.78 is 10.5. The van der Waals surface area contributed by atoms with Gasteiger partial charge in [0.1, 0.15) is 0 Å². The quantitative estimate of drug-likeness (QED) is 0.884. The van der Waals surface area contributed by atoms with Crippen LogP contribution in [0.2, 0.25) is 0 Å². The molecule has 0 unspecified atom stereocenters. The molecule has 7 heteroatoms. The van der Waals surface area contributed by atoms with E-state index < -0.39 is 0 Å². The summed E-state index contributed by atoms with van der Waals surface area (Å²) in [6, 6.07) is 12.1. The smallest absolute Gasteiger partial charge is 0.323 e. The van der Waals surface area contributed by atoms with Gasteiger partial charge in [0.05, 0.1) is 0 Å². The molecule has 2 aliphatic heterocycles. The highest BCUT2D eigenvalue weighted by Gasteiger charge is 2.19. The number of piperidine rings is 1. The van der Waals surface area contributed by atoms with Gasteiger partial charge in [0.25, 0.3) is 0 Å². The van der Waals surface area contributed by atoms with E-state index in [1.54, 1.807) is 35.2 Å². The number of carbonyl (C=O) groups excluding carboxylic acids is 2. The monoisotopic (exact) mass is 353 g/mol. The Kier molecular flexibility index (Phi) is 4.35. The van der Waals surface area contributed by atoms with Crippen molar-refractivity contribution in [2.45, 2.75) is 19.3 Å². The van der Waals surface area contributed by atoms with E-state index in [9.17, 15) is 9.59 Å². The van der Waals surface area contributed by atoms with Crippen LogP contribution in [-0.2, 0) is 4.79 Å². The first-order valence-electron chi connectivity index (χ1n) is 8.57. The van der Waals surface area contributed by atoms with Crippen molar-refractivity contribution < 1.29 is 19.1 Å². The van der Waals surface area contributed by atoms with Crippen LogP contribution in [0.4, 0.5) is 21.9 Å². The normalized spacial score (nSPS) is 15.7. The van der Waals surface area contributed by atoms with E-state index in [0.29, 0.717) is 29.3 Å². The van der Waals surface area contributed by atoms with Gasteiger partial charge in [-0.15, -0.1) is 0 Å². The fourth-order valence-corrected chi connectivity index (χ4v) is 3.07. The van der Waals surface area contributed by atoms with Crippen molar-refractivity contribution in [3.63, 3.8) is 0 Å². The summed E-state index contributed by atoms with van der Waals surface area (Å²) in [5.41, 5.74) is 2.12. The number of urea groups is 1. The molecule has 0 atom stereocenters. The molecule has 2 aromatic rings. The molecule has 2 aromatic carbocycles. The maximum Gasteiger partial charge on any atom is 0.323 e. The molecule has 134 valence electrons. The standard InChI is InChI=1S/C19H19N3O4/c23-18-3-1-2-10-22(18)15-7-4-13(5-8-15)20-19(24)21-14-6-9-16-17(11-14)26-12-25-16/h4-9,11H,1-3,10,12H2,(H2,20,21,24). The van der Waals surface area contributed by atoms with Gasteiger partial charge in [-0.1, -0.05) is 0 Å². The van der Waals surface area contributed by atoms with Gasteiger partial charge in [-0.25, -0.2) is 4.79 Å². The van der Waals surface area contributed by atoms with Crippen LogP contribution in [0, 0.1) is 0 Å². The van der Waals surface area contributed by atoms with Gasteiger partial charge in [-0.05, 0) is 49.2 Å². The predicted molar refractivity (Wildman–Crippen MR) is 97.9 cm³/mol. The maximum atomic E-state index is 12.2. The first-order chi connectivity index (χ1) is 12.7. The molecule has 2 heterocycles.